The van der Waals surface area contributed by atoms with E-state index in [1.807, 2.05) is 6.92 Å². The van der Waals surface area contributed by atoms with E-state index in [0.29, 0.717) is 46.1 Å². The molecule has 0 aliphatic carbocycles. The second-order valence-electron chi connectivity index (χ2n) is 4.76. The van der Waals surface area contributed by atoms with E-state index in [1.165, 1.54) is 7.11 Å². The number of aldehydes is 1. The Morgan fingerprint density at radius 1 is 1.04 bits per heavy atom. The first-order valence-electron chi connectivity index (χ1n) is 6.89. The van der Waals surface area contributed by atoms with Crippen LogP contribution in [-0.2, 0) is 0 Å². The first-order valence-corrected chi connectivity index (χ1v) is 7.65. The van der Waals surface area contributed by atoms with Crippen LogP contribution >= 0.6 is 23.2 Å². The average Bonchev–Trinajstić information content (AvgIpc) is 2.53. The molecule has 0 aliphatic heterocycles. The number of ether oxygens (including phenoxy) is 3. The van der Waals surface area contributed by atoms with E-state index < -0.39 is 0 Å². The quantitative estimate of drug-likeness (QED) is 0.539. The summed E-state index contributed by atoms with van der Waals surface area (Å²) < 4.78 is 16.5. The molecule has 0 bridgehead atoms. The maximum absolute atomic E-state index is 10.8. The van der Waals surface area contributed by atoms with Crippen molar-refractivity contribution in [2.45, 2.75) is 6.92 Å². The van der Waals surface area contributed by atoms with Crippen LogP contribution in [0, 0.1) is 6.92 Å². The van der Waals surface area contributed by atoms with E-state index in [0.717, 1.165) is 11.8 Å². The molecule has 0 saturated heterocycles. The Kier molecular flexibility index (Phi) is 6.13. The van der Waals surface area contributed by atoms with Crippen molar-refractivity contribution in [3.05, 3.63) is 51.5 Å². The zero-order valence-electron chi connectivity index (χ0n) is 12.8. The highest BCUT2D eigenvalue weighted by Gasteiger charge is 2.09. The molecule has 4 nitrogen and oxygen atoms in total. The third kappa shape index (κ3) is 4.53. The molecule has 122 valence electrons. The molecule has 0 amide bonds. The third-order valence-electron chi connectivity index (χ3n) is 3.11. The minimum absolute atomic E-state index is 0.301. The summed E-state index contributed by atoms with van der Waals surface area (Å²) in [5.74, 6) is 1.62. The predicted octanol–water partition coefficient (Wildman–Crippen LogP) is 4.58. The van der Waals surface area contributed by atoms with E-state index in [1.54, 1.807) is 30.3 Å². The van der Waals surface area contributed by atoms with Crippen molar-refractivity contribution in [1.29, 1.82) is 0 Å². The van der Waals surface area contributed by atoms with Gasteiger partial charge in [-0.05, 0) is 42.8 Å². The molecule has 0 N–H and O–H groups in total. The van der Waals surface area contributed by atoms with Gasteiger partial charge in [-0.1, -0.05) is 23.2 Å². The number of halogens is 2. The molecule has 2 aromatic carbocycles. The van der Waals surface area contributed by atoms with Crippen molar-refractivity contribution in [3.63, 3.8) is 0 Å². The van der Waals surface area contributed by atoms with Gasteiger partial charge in [0.15, 0.2) is 11.5 Å². The van der Waals surface area contributed by atoms with Crippen LogP contribution in [0.1, 0.15) is 15.9 Å². The normalized spacial score (nSPS) is 10.3. The number of aryl methyl sites for hydroxylation is 1. The summed E-state index contributed by atoms with van der Waals surface area (Å²) in [4.78, 5) is 10.8. The molecule has 0 saturated carbocycles. The van der Waals surface area contributed by atoms with Gasteiger partial charge in [-0.25, -0.2) is 0 Å². The summed E-state index contributed by atoms with van der Waals surface area (Å²) >= 11 is 12.0. The van der Waals surface area contributed by atoms with Crippen molar-refractivity contribution >= 4 is 29.5 Å². The first-order chi connectivity index (χ1) is 11.0. The van der Waals surface area contributed by atoms with Crippen LogP contribution in [0.25, 0.3) is 0 Å². The predicted molar refractivity (Wildman–Crippen MR) is 90.6 cm³/mol. The maximum Gasteiger partial charge on any atom is 0.161 e. The number of rotatable bonds is 7. The maximum atomic E-state index is 10.8. The average molecular weight is 355 g/mol. The molecule has 2 aromatic rings. The summed E-state index contributed by atoms with van der Waals surface area (Å²) in [6, 6.07) is 8.37. The Morgan fingerprint density at radius 2 is 1.78 bits per heavy atom. The molecule has 0 aliphatic rings. The number of methoxy groups -OCH3 is 1. The monoisotopic (exact) mass is 354 g/mol. The topological polar surface area (TPSA) is 44.8 Å². The number of carbonyl (C=O) groups is 1. The van der Waals surface area contributed by atoms with Crippen LogP contribution in [0.2, 0.25) is 10.0 Å². The van der Waals surface area contributed by atoms with E-state index in [-0.39, 0.29) is 0 Å². The van der Waals surface area contributed by atoms with E-state index in [4.69, 9.17) is 37.4 Å². The number of hydrogen-bond acceptors (Lipinski definition) is 4. The van der Waals surface area contributed by atoms with Gasteiger partial charge in [0.05, 0.1) is 12.1 Å². The van der Waals surface area contributed by atoms with Gasteiger partial charge < -0.3 is 14.2 Å². The SMILES string of the molecule is COc1cc(C=O)ccc1OCCOc1c(C)cc(Cl)cc1Cl. The van der Waals surface area contributed by atoms with Crippen LogP contribution in [0.5, 0.6) is 17.2 Å². The highest BCUT2D eigenvalue weighted by Crippen LogP contribution is 2.32. The summed E-state index contributed by atoms with van der Waals surface area (Å²) in [6.07, 6.45) is 0.751. The second-order valence-corrected chi connectivity index (χ2v) is 5.60. The number of hydrogen-bond donors (Lipinski definition) is 0. The lowest BCUT2D eigenvalue weighted by Crippen LogP contribution is -2.10. The molecule has 2 rings (SSSR count). The van der Waals surface area contributed by atoms with Crippen LogP contribution < -0.4 is 14.2 Å². The van der Waals surface area contributed by atoms with Crippen LogP contribution in [0.15, 0.2) is 30.3 Å². The van der Waals surface area contributed by atoms with E-state index in [2.05, 4.69) is 0 Å². The second kappa shape index (κ2) is 8.09. The lowest BCUT2D eigenvalue weighted by Gasteiger charge is -2.13. The molecule has 0 fully saturated rings. The van der Waals surface area contributed by atoms with Gasteiger partial charge in [-0.2, -0.15) is 0 Å². The molecule has 0 unspecified atom stereocenters. The van der Waals surface area contributed by atoms with Gasteiger partial charge in [0.2, 0.25) is 0 Å². The largest absolute Gasteiger partial charge is 0.493 e. The Bertz CT molecular complexity index is 678. The van der Waals surface area contributed by atoms with Crippen LogP contribution in [0.3, 0.4) is 0 Å². The smallest absolute Gasteiger partial charge is 0.161 e. The molecular formula is C17H16Cl2O4. The third-order valence-corrected chi connectivity index (χ3v) is 3.60. The minimum atomic E-state index is 0.301. The Balaban J connectivity index is 1.95. The molecule has 0 spiro atoms. The zero-order chi connectivity index (χ0) is 16.8. The van der Waals surface area contributed by atoms with Gasteiger partial charge in [0.25, 0.3) is 0 Å². The number of benzene rings is 2. The van der Waals surface area contributed by atoms with Crippen LogP contribution in [-0.4, -0.2) is 26.6 Å². The fourth-order valence-electron chi connectivity index (χ4n) is 2.04. The Morgan fingerprint density at radius 3 is 2.43 bits per heavy atom. The van der Waals surface area contributed by atoms with Gasteiger partial charge in [0, 0.05) is 10.6 Å². The molecule has 0 radical (unpaired) electrons. The van der Waals surface area contributed by atoms with Crippen LogP contribution in [0.4, 0.5) is 0 Å². The standard InChI is InChI=1S/C17H16Cl2O4/c1-11-7-13(18)9-14(19)17(11)23-6-5-22-15-4-3-12(10-20)8-16(15)21-2/h3-4,7-10H,5-6H2,1-2H3. The summed E-state index contributed by atoms with van der Waals surface area (Å²) in [7, 11) is 1.52. The Hall–Kier alpha value is -1.91. The van der Waals surface area contributed by atoms with Crippen molar-refractivity contribution in [3.8, 4) is 17.2 Å². The minimum Gasteiger partial charge on any atom is -0.493 e. The van der Waals surface area contributed by atoms with E-state index in [9.17, 15) is 4.79 Å². The molecule has 23 heavy (non-hydrogen) atoms. The molecule has 0 aromatic heterocycles. The fourth-order valence-corrected chi connectivity index (χ4v) is 2.69. The first kappa shape index (κ1) is 17.4. The number of carbonyl (C=O) groups excluding carboxylic acids is 1. The molecule has 0 atom stereocenters. The zero-order valence-corrected chi connectivity index (χ0v) is 14.3. The Labute approximate surface area is 144 Å². The van der Waals surface area contributed by atoms with Gasteiger partial charge in [0.1, 0.15) is 25.2 Å². The highest BCUT2D eigenvalue weighted by atomic mass is 35.5. The lowest BCUT2D eigenvalue weighted by atomic mass is 10.2. The molecule has 6 heteroatoms. The highest BCUT2D eigenvalue weighted by molar-refractivity contribution is 6.35. The van der Waals surface area contributed by atoms with Crippen molar-refractivity contribution < 1.29 is 19.0 Å². The molecular weight excluding hydrogens is 339 g/mol. The van der Waals surface area contributed by atoms with Crippen molar-refractivity contribution in [2.24, 2.45) is 0 Å². The van der Waals surface area contributed by atoms with E-state index >= 15 is 0 Å². The van der Waals surface area contributed by atoms with Gasteiger partial charge >= 0.3 is 0 Å². The fraction of sp³-hybridized carbons (Fsp3) is 0.235. The summed E-state index contributed by atoms with van der Waals surface area (Å²) in [5.41, 5.74) is 1.38. The molecule has 0 heterocycles. The van der Waals surface area contributed by atoms with Crippen molar-refractivity contribution in [2.75, 3.05) is 20.3 Å². The van der Waals surface area contributed by atoms with Gasteiger partial charge in [-0.15, -0.1) is 0 Å². The van der Waals surface area contributed by atoms with Gasteiger partial charge in [-0.3, -0.25) is 4.79 Å². The summed E-state index contributed by atoms with van der Waals surface area (Å²) in [5, 5.41) is 1.03. The lowest BCUT2D eigenvalue weighted by molar-refractivity contribution is 0.112. The summed E-state index contributed by atoms with van der Waals surface area (Å²) in [6.45, 7) is 2.48. The van der Waals surface area contributed by atoms with Crippen molar-refractivity contribution in [1.82, 2.24) is 0 Å².